The maximum atomic E-state index is 7.76. The number of benzene rings is 1. The number of anilines is 1. The van der Waals surface area contributed by atoms with Crippen molar-refractivity contribution in [1.82, 2.24) is 4.90 Å². The summed E-state index contributed by atoms with van der Waals surface area (Å²) >= 11 is 0. The molecule has 0 radical (unpaired) electrons. The van der Waals surface area contributed by atoms with Gasteiger partial charge in [-0.05, 0) is 51.6 Å². The third-order valence-corrected chi connectivity index (χ3v) is 3.71. The fourth-order valence-corrected chi connectivity index (χ4v) is 2.87. The lowest BCUT2D eigenvalue weighted by Crippen LogP contribution is -2.38. The zero-order valence-electron chi connectivity index (χ0n) is 12.1. The lowest BCUT2D eigenvalue weighted by molar-refractivity contribution is 0.372. The van der Waals surface area contributed by atoms with Gasteiger partial charge in [-0.3, -0.25) is 5.41 Å². The highest BCUT2D eigenvalue weighted by molar-refractivity contribution is 6.00. The molecule has 1 unspecified atom stereocenters. The molecule has 0 aliphatic carbocycles. The van der Waals surface area contributed by atoms with Gasteiger partial charge < -0.3 is 15.5 Å². The van der Waals surface area contributed by atoms with Crippen molar-refractivity contribution < 1.29 is 0 Å². The predicted molar refractivity (Wildman–Crippen MR) is 81.1 cm³/mol. The average Bonchev–Trinajstić information content (AvgIpc) is 2.75. The molecule has 1 heterocycles. The van der Waals surface area contributed by atoms with Crippen LogP contribution in [-0.2, 0) is 0 Å². The minimum absolute atomic E-state index is 0.158. The molecular weight excluding hydrogens is 236 g/mol. The van der Waals surface area contributed by atoms with Gasteiger partial charge in [0, 0.05) is 30.4 Å². The molecule has 3 N–H and O–H groups in total. The molecule has 1 atom stereocenters. The molecule has 4 heteroatoms. The van der Waals surface area contributed by atoms with Crippen LogP contribution in [0.15, 0.2) is 18.2 Å². The average molecular weight is 260 g/mol. The first-order chi connectivity index (χ1) is 8.99. The van der Waals surface area contributed by atoms with Gasteiger partial charge in [-0.25, -0.2) is 0 Å². The second kappa shape index (κ2) is 5.61. The second-order valence-corrected chi connectivity index (χ2v) is 5.69. The third-order valence-electron chi connectivity index (χ3n) is 3.71. The normalized spacial score (nSPS) is 19.2. The maximum Gasteiger partial charge on any atom is 0.124 e. The van der Waals surface area contributed by atoms with Crippen molar-refractivity contribution in [2.45, 2.75) is 25.8 Å². The van der Waals surface area contributed by atoms with Gasteiger partial charge >= 0.3 is 0 Å². The van der Waals surface area contributed by atoms with Crippen molar-refractivity contribution in [2.24, 2.45) is 5.73 Å². The van der Waals surface area contributed by atoms with Crippen LogP contribution in [0.3, 0.4) is 0 Å². The Kier molecular flexibility index (Phi) is 4.10. The Balaban J connectivity index is 2.34. The van der Waals surface area contributed by atoms with E-state index in [0.717, 1.165) is 24.3 Å². The first kappa shape index (κ1) is 13.9. The van der Waals surface area contributed by atoms with Gasteiger partial charge in [0.1, 0.15) is 5.84 Å². The number of nitrogens with two attached hydrogens (primary N) is 1. The molecule has 104 valence electrons. The Morgan fingerprint density at radius 3 is 2.84 bits per heavy atom. The molecule has 0 saturated carbocycles. The summed E-state index contributed by atoms with van der Waals surface area (Å²) in [5, 5.41) is 7.76. The summed E-state index contributed by atoms with van der Waals surface area (Å²) < 4.78 is 0. The van der Waals surface area contributed by atoms with Crippen LogP contribution in [0.25, 0.3) is 0 Å². The smallest absolute Gasteiger partial charge is 0.124 e. The van der Waals surface area contributed by atoms with E-state index in [1.165, 1.54) is 18.4 Å². The van der Waals surface area contributed by atoms with Crippen LogP contribution in [0.4, 0.5) is 5.69 Å². The molecule has 0 spiro atoms. The molecule has 1 aromatic carbocycles. The number of aryl methyl sites for hydroxylation is 1. The fraction of sp³-hybridized carbons (Fsp3) is 0.533. The lowest BCUT2D eigenvalue weighted by Gasteiger charge is -2.30. The van der Waals surface area contributed by atoms with Gasteiger partial charge in [-0.1, -0.05) is 6.07 Å². The molecule has 1 fully saturated rings. The largest absolute Gasteiger partial charge is 0.384 e. The highest BCUT2D eigenvalue weighted by Gasteiger charge is 2.27. The summed E-state index contributed by atoms with van der Waals surface area (Å²) in [5.41, 5.74) is 8.92. The molecule has 1 saturated heterocycles. The topological polar surface area (TPSA) is 56.4 Å². The number of rotatable bonds is 4. The highest BCUT2D eigenvalue weighted by Crippen LogP contribution is 2.29. The SMILES string of the molecule is Cc1ccc(C(=N)N)c(N2CCCC2CN(C)C)c1. The van der Waals surface area contributed by atoms with Crippen molar-refractivity contribution in [1.29, 1.82) is 5.41 Å². The standard InChI is InChI=1S/C15H24N4/c1-11-6-7-13(15(16)17)14(9-11)19-8-4-5-12(19)10-18(2)3/h6-7,9,12H,4-5,8,10H2,1-3H3,(H3,16,17). The number of hydrogen-bond acceptors (Lipinski definition) is 3. The molecule has 1 aliphatic heterocycles. The fourth-order valence-electron chi connectivity index (χ4n) is 2.87. The monoisotopic (exact) mass is 260 g/mol. The van der Waals surface area contributed by atoms with Gasteiger partial charge in [0.15, 0.2) is 0 Å². The van der Waals surface area contributed by atoms with E-state index in [0.29, 0.717) is 6.04 Å². The third kappa shape index (κ3) is 3.07. The summed E-state index contributed by atoms with van der Waals surface area (Å²) in [5.74, 6) is 0.158. The zero-order valence-corrected chi connectivity index (χ0v) is 12.1. The summed E-state index contributed by atoms with van der Waals surface area (Å²) in [6.07, 6.45) is 2.42. The number of hydrogen-bond donors (Lipinski definition) is 2. The molecule has 0 amide bonds. The number of amidine groups is 1. The van der Waals surface area contributed by atoms with Crippen LogP contribution in [0.2, 0.25) is 0 Å². The van der Waals surface area contributed by atoms with Crippen LogP contribution < -0.4 is 10.6 Å². The van der Waals surface area contributed by atoms with Crippen molar-refractivity contribution >= 4 is 11.5 Å². The minimum Gasteiger partial charge on any atom is -0.384 e. The molecule has 0 bridgehead atoms. The zero-order chi connectivity index (χ0) is 14.0. The van der Waals surface area contributed by atoms with Crippen molar-refractivity contribution in [3.8, 4) is 0 Å². The first-order valence-corrected chi connectivity index (χ1v) is 6.85. The van der Waals surface area contributed by atoms with E-state index in [2.05, 4.69) is 36.9 Å². The maximum absolute atomic E-state index is 7.76. The lowest BCUT2D eigenvalue weighted by atomic mass is 10.1. The first-order valence-electron chi connectivity index (χ1n) is 6.85. The molecule has 1 aliphatic rings. The van der Waals surface area contributed by atoms with Gasteiger partial charge in [-0.2, -0.15) is 0 Å². The number of nitrogen functional groups attached to an aromatic ring is 1. The Bertz CT molecular complexity index is 467. The highest BCUT2D eigenvalue weighted by atomic mass is 15.2. The van der Waals surface area contributed by atoms with Crippen molar-refractivity contribution in [2.75, 3.05) is 32.1 Å². The molecule has 1 aromatic rings. The summed E-state index contributed by atoms with van der Waals surface area (Å²) in [6.45, 7) is 4.19. The summed E-state index contributed by atoms with van der Waals surface area (Å²) in [6, 6.07) is 6.68. The molecule has 2 rings (SSSR count). The number of likely N-dealkylation sites (N-methyl/N-ethyl adjacent to an activating group) is 1. The van der Waals surface area contributed by atoms with E-state index >= 15 is 0 Å². The van der Waals surface area contributed by atoms with E-state index in [1.807, 2.05) is 12.1 Å². The predicted octanol–water partition coefficient (Wildman–Crippen LogP) is 1.81. The van der Waals surface area contributed by atoms with E-state index < -0.39 is 0 Å². The van der Waals surface area contributed by atoms with Crippen LogP contribution in [0, 0.1) is 12.3 Å². The van der Waals surface area contributed by atoms with E-state index in [4.69, 9.17) is 11.1 Å². The molecular formula is C15H24N4. The van der Waals surface area contributed by atoms with Gasteiger partial charge in [0.25, 0.3) is 0 Å². The van der Waals surface area contributed by atoms with E-state index in [-0.39, 0.29) is 5.84 Å². The van der Waals surface area contributed by atoms with Crippen molar-refractivity contribution in [3.05, 3.63) is 29.3 Å². The van der Waals surface area contributed by atoms with Crippen LogP contribution in [0.5, 0.6) is 0 Å². The van der Waals surface area contributed by atoms with Crippen LogP contribution in [0.1, 0.15) is 24.0 Å². The van der Waals surface area contributed by atoms with E-state index in [1.54, 1.807) is 0 Å². The van der Waals surface area contributed by atoms with Crippen LogP contribution >= 0.6 is 0 Å². The van der Waals surface area contributed by atoms with Gasteiger partial charge in [-0.15, -0.1) is 0 Å². The molecule has 4 nitrogen and oxygen atoms in total. The molecule has 19 heavy (non-hydrogen) atoms. The number of nitrogens with zero attached hydrogens (tertiary/aromatic N) is 2. The summed E-state index contributed by atoms with van der Waals surface area (Å²) in [7, 11) is 4.22. The Morgan fingerprint density at radius 1 is 1.47 bits per heavy atom. The second-order valence-electron chi connectivity index (χ2n) is 5.69. The Morgan fingerprint density at radius 2 is 2.21 bits per heavy atom. The number of nitrogens with one attached hydrogen (secondary N) is 1. The Hall–Kier alpha value is -1.55. The molecule has 0 aromatic heterocycles. The van der Waals surface area contributed by atoms with Gasteiger partial charge in [0.05, 0.1) is 0 Å². The van der Waals surface area contributed by atoms with Gasteiger partial charge in [0.2, 0.25) is 0 Å². The van der Waals surface area contributed by atoms with Crippen molar-refractivity contribution in [3.63, 3.8) is 0 Å². The Labute approximate surface area is 115 Å². The summed E-state index contributed by atoms with van der Waals surface area (Å²) in [4.78, 5) is 4.65. The minimum atomic E-state index is 0.158. The quantitative estimate of drug-likeness (QED) is 0.641. The van der Waals surface area contributed by atoms with Crippen LogP contribution in [-0.4, -0.2) is 44.0 Å². The van der Waals surface area contributed by atoms with E-state index in [9.17, 15) is 0 Å².